The summed E-state index contributed by atoms with van der Waals surface area (Å²) in [7, 11) is 0. The van der Waals surface area contributed by atoms with Crippen LogP contribution in [0.4, 0.5) is 19.3 Å². The SMILES string of the molecule is CC(C)C[C@]1(C)NC(=O)N(CC(=O)Nc2ccc(F)c(F)c2)C1=O. The molecule has 24 heavy (non-hydrogen) atoms. The fourth-order valence-corrected chi connectivity index (χ4v) is 2.76. The Balaban J connectivity index is 2.04. The van der Waals surface area contributed by atoms with Crippen LogP contribution in [0.2, 0.25) is 0 Å². The summed E-state index contributed by atoms with van der Waals surface area (Å²) >= 11 is 0. The van der Waals surface area contributed by atoms with Gasteiger partial charge in [0.2, 0.25) is 5.91 Å². The molecule has 1 aliphatic rings. The van der Waals surface area contributed by atoms with Gasteiger partial charge in [-0.1, -0.05) is 13.8 Å². The Bertz CT molecular complexity index is 693. The lowest BCUT2D eigenvalue weighted by Crippen LogP contribution is -2.45. The van der Waals surface area contributed by atoms with Gasteiger partial charge in [-0.3, -0.25) is 14.5 Å². The summed E-state index contributed by atoms with van der Waals surface area (Å²) in [5.74, 6) is -3.13. The number of amides is 4. The lowest BCUT2D eigenvalue weighted by atomic mass is 9.91. The molecule has 0 unspecified atom stereocenters. The first-order valence-corrected chi connectivity index (χ1v) is 7.51. The van der Waals surface area contributed by atoms with Crippen molar-refractivity contribution in [3.63, 3.8) is 0 Å². The van der Waals surface area contributed by atoms with E-state index in [0.717, 1.165) is 17.0 Å². The van der Waals surface area contributed by atoms with Crippen molar-refractivity contribution in [1.82, 2.24) is 10.2 Å². The summed E-state index contributed by atoms with van der Waals surface area (Å²) in [5, 5.41) is 4.92. The van der Waals surface area contributed by atoms with E-state index in [1.807, 2.05) is 13.8 Å². The third-order valence-electron chi connectivity index (χ3n) is 3.67. The lowest BCUT2D eigenvalue weighted by Gasteiger charge is -2.23. The van der Waals surface area contributed by atoms with Gasteiger partial charge >= 0.3 is 6.03 Å². The van der Waals surface area contributed by atoms with Gasteiger partial charge in [0.25, 0.3) is 5.91 Å². The molecule has 8 heteroatoms. The maximum absolute atomic E-state index is 13.1. The molecule has 0 aromatic heterocycles. The van der Waals surface area contributed by atoms with Gasteiger partial charge in [0.05, 0.1) is 0 Å². The molecular formula is C16H19F2N3O3. The van der Waals surface area contributed by atoms with Crippen LogP contribution in [0, 0.1) is 17.6 Å². The second-order valence-electron chi connectivity index (χ2n) is 6.43. The highest BCUT2D eigenvalue weighted by atomic mass is 19.2. The molecule has 1 aliphatic heterocycles. The number of imide groups is 1. The largest absolute Gasteiger partial charge is 0.325 e. The van der Waals surface area contributed by atoms with E-state index in [4.69, 9.17) is 0 Å². The average Bonchev–Trinajstić information content (AvgIpc) is 2.65. The fraction of sp³-hybridized carbons (Fsp3) is 0.438. The van der Waals surface area contributed by atoms with Gasteiger partial charge in [-0.2, -0.15) is 0 Å². The quantitative estimate of drug-likeness (QED) is 0.808. The van der Waals surface area contributed by atoms with Gasteiger partial charge < -0.3 is 10.6 Å². The molecule has 4 amide bonds. The van der Waals surface area contributed by atoms with E-state index < -0.39 is 41.6 Å². The van der Waals surface area contributed by atoms with Crippen LogP contribution in [0.25, 0.3) is 0 Å². The third-order valence-corrected chi connectivity index (χ3v) is 3.67. The standard InChI is InChI=1S/C16H19F2N3O3/c1-9(2)7-16(3)14(23)21(15(24)20-16)8-13(22)19-10-4-5-11(17)12(18)6-10/h4-6,9H,7-8H2,1-3H3,(H,19,22)(H,20,24)/t16-/m0/s1. The predicted molar refractivity (Wildman–Crippen MR) is 83.1 cm³/mol. The summed E-state index contributed by atoms with van der Waals surface area (Å²) in [4.78, 5) is 37.2. The molecule has 1 atom stereocenters. The number of halogens is 2. The zero-order valence-corrected chi connectivity index (χ0v) is 13.7. The Morgan fingerprint density at radius 1 is 1.29 bits per heavy atom. The zero-order valence-electron chi connectivity index (χ0n) is 13.7. The smallest absolute Gasteiger partial charge is 0.324 e. The van der Waals surface area contributed by atoms with E-state index in [9.17, 15) is 23.2 Å². The van der Waals surface area contributed by atoms with Gasteiger partial charge in [0.15, 0.2) is 11.6 Å². The average molecular weight is 339 g/mol. The highest BCUT2D eigenvalue weighted by Crippen LogP contribution is 2.25. The normalized spacial score (nSPS) is 20.5. The molecule has 6 nitrogen and oxygen atoms in total. The van der Waals surface area contributed by atoms with Crippen LogP contribution >= 0.6 is 0 Å². The molecular weight excluding hydrogens is 320 g/mol. The maximum Gasteiger partial charge on any atom is 0.325 e. The van der Waals surface area contributed by atoms with Crippen molar-refractivity contribution in [2.45, 2.75) is 32.7 Å². The first kappa shape index (κ1) is 17.8. The zero-order chi connectivity index (χ0) is 18.1. The number of rotatable bonds is 5. The number of nitrogens with one attached hydrogen (secondary N) is 2. The van der Waals surface area contributed by atoms with Crippen LogP contribution in [0.1, 0.15) is 27.2 Å². The third kappa shape index (κ3) is 3.69. The van der Waals surface area contributed by atoms with Crippen molar-refractivity contribution < 1.29 is 23.2 Å². The Morgan fingerprint density at radius 3 is 2.54 bits per heavy atom. The van der Waals surface area contributed by atoms with Crippen LogP contribution in [0.15, 0.2) is 18.2 Å². The number of urea groups is 1. The van der Waals surface area contributed by atoms with Gasteiger partial charge in [-0.25, -0.2) is 13.6 Å². The van der Waals surface area contributed by atoms with Crippen LogP contribution in [-0.2, 0) is 9.59 Å². The summed E-state index contributed by atoms with van der Waals surface area (Å²) in [6, 6.07) is 2.23. The molecule has 0 spiro atoms. The van der Waals surface area contributed by atoms with Crippen LogP contribution in [0.5, 0.6) is 0 Å². The van der Waals surface area contributed by atoms with E-state index in [0.29, 0.717) is 6.42 Å². The number of carbonyl (C=O) groups is 3. The van der Waals surface area contributed by atoms with Gasteiger partial charge in [-0.05, 0) is 31.4 Å². The topological polar surface area (TPSA) is 78.5 Å². The molecule has 1 heterocycles. The minimum atomic E-state index is -1.10. The molecule has 1 fully saturated rings. The van der Waals surface area contributed by atoms with E-state index in [1.165, 1.54) is 6.07 Å². The fourth-order valence-electron chi connectivity index (χ4n) is 2.76. The number of anilines is 1. The number of nitrogens with zero attached hydrogens (tertiary/aromatic N) is 1. The summed E-state index contributed by atoms with van der Waals surface area (Å²) in [5.41, 5.74) is -1.01. The molecule has 2 N–H and O–H groups in total. The minimum absolute atomic E-state index is 0.0379. The molecule has 1 saturated heterocycles. The van der Waals surface area contributed by atoms with Crippen LogP contribution in [0.3, 0.4) is 0 Å². The van der Waals surface area contributed by atoms with E-state index in [-0.39, 0.29) is 11.6 Å². The molecule has 2 rings (SSSR count). The highest BCUT2D eigenvalue weighted by molar-refractivity contribution is 6.09. The van der Waals surface area contributed by atoms with Gasteiger partial charge in [0, 0.05) is 11.8 Å². The Morgan fingerprint density at radius 2 is 1.96 bits per heavy atom. The predicted octanol–water partition coefficient (Wildman–Crippen LogP) is 2.26. The first-order valence-electron chi connectivity index (χ1n) is 7.51. The Labute approximate surface area is 138 Å². The molecule has 0 radical (unpaired) electrons. The van der Waals surface area contributed by atoms with Crippen molar-refractivity contribution in [2.75, 3.05) is 11.9 Å². The first-order chi connectivity index (χ1) is 11.1. The molecule has 1 aromatic carbocycles. The number of hydrogen-bond acceptors (Lipinski definition) is 3. The highest BCUT2D eigenvalue weighted by Gasteiger charge is 2.48. The van der Waals surface area contributed by atoms with E-state index in [1.54, 1.807) is 6.92 Å². The van der Waals surface area contributed by atoms with Crippen LogP contribution < -0.4 is 10.6 Å². The number of carbonyl (C=O) groups excluding carboxylic acids is 3. The molecule has 0 bridgehead atoms. The van der Waals surface area contributed by atoms with Crippen molar-refractivity contribution in [2.24, 2.45) is 5.92 Å². The second kappa shape index (κ2) is 6.54. The lowest BCUT2D eigenvalue weighted by molar-refractivity contribution is -0.133. The van der Waals surface area contributed by atoms with Gasteiger partial charge in [-0.15, -0.1) is 0 Å². The Kier molecular flexibility index (Phi) is 4.86. The number of benzene rings is 1. The number of hydrogen-bond donors (Lipinski definition) is 2. The summed E-state index contributed by atoms with van der Waals surface area (Å²) in [6.07, 6.45) is 0.443. The summed E-state index contributed by atoms with van der Waals surface area (Å²) < 4.78 is 26.0. The monoisotopic (exact) mass is 339 g/mol. The van der Waals surface area contributed by atoms with Crippen molar-refractivity contribution in [1.29, 1.82) is 0 Å². The second-order valence-corrected chi connectivity index (χ2v) is 6.43. The summed E-state index contributed by atoms with van der Waals surface area (Å²) in [6.45, 7) is 4.95. The molecule has 130 valence electrons. The van der Waals surface area contributed by atoms with E-state index >= 15 is 0 Å². The molecule has 0 aliphatic carbocycles. The van der Waals surface area contributed by atoms with Crippen molar-refractivity contribution in [3.05, 3.63) is 29.8 Å². The molecule has 0 saturated carbocycles. The molecule has 1 aromatic rings. The Hall–Kier alpha value is -2.51. The van der Waals surface area contributed by atoms with Gasteiger partial charge in [0.1, 0.15) is 12.1 Å². The van der Waals surface area contributed by atoms with Crippen LogP contribution in [-0.4, -0.2) is 34.8 Å². The minimum Gasteiger partial charge on any atom is -0.324 e. The maximum atomic E-state index is 13.1. The van der Waals surface area contributed by atoms with Crippen molar-refractivity contribution in [3.8, 4) is 0 Å². The van der Waals surface area contributed by atoms with E-state index in [2.05, 4.69) is 10.6 Å². The van der Waals surface area contributed by atoms with Crippen molar-refractivity contribution >= 4 is 23.5 Å².